The van der Waals surface area contributed by atoms with Gasteiger partial charge < -0.3 is 9.47 Å². The molecule has 0 aliphatic rings. The number of amides is 1. The van der Waals surface area contributed by atoms with Gasteiger partial charge in [-0.1, -0.05) is 12.1 Å². The largest absolute Gasteiger partial charge is 0.483 e. The molecule has 0 radical (unpaired) electrons. The van der Waals surface area contributed by atoms with Crippen LogP contribution in [0, 0.1) is 11.2 Å². The lowest BCUT2D eigenvalue weighted by atomic mass is 10.2. The molecule has 20 heavy (non-hydrogen) atoms. The van der Waals surface area contributed by atoms with Gasteiger partial charge in [0.05, 0.1) is 12.8 Å². The molecule has 0 aliphatic carbocycles. The fourth-order valence-electron chi connectivity index (χ4n) is 1.44. The molecule has 0 fully saturated rings. The first-order valence-electron chi connectivity index (χ1n) is 6.11. The van der Waals surface area contributed by atoms with E-state index in [0.717, 1.165) is 4.90 Å². The minimum atomic E-state index is -0.732. The summed E-state index contributed by atoms with van der Waals surface area (Å²) in [6, 6.07) is 5.81. The topological polar surface area (TPSA) is 62.6 Å². The van der Waals surface area contributed by atoms with Gasteiger partial charge in [-0.05, 0) is 32.9 Å². The van der Waals surface area contributed by atoms with Crippen LogP contribution in [0.3, 0.4) is 0 Å². The lowest BCUT2D eigenvalue weighted by molar-refractivity contribution is 0.0582. The predicted molar refractivity (Wildman–Crippen MR) is 74.7 cm³/mol. The second kappa shape index (κ2) is 6.36. The highest BCUT2D eigenvalue weighted by Crippen LogP contribution is 2.21. The zero-order valence-corrected chi connectivity index (χ0v) is 12.1. The fourth-order valence-corrected chi connectivity index (χ4v) is 1.44. The molecule has 0 saturated heterocycles. The van der Waals surface area contributed by atoms with Gasteiger partial charge in [-0.15, -0.1) is 0 Å². The summed E-state index contributed by atoms with van der Waals surface area (Å²) in [4.78, 5) is 13.2. The molecule has 1 rings (SSSR count). The quantitative estimate of drug-likeness (QED) is 0.684. The van der Waals surface area contributed by atoms with Crippen molar-refractivity contribution in [3.05, 3.63) is 30.1 Å². The number of carbonyl (C=O) groups is 1. The molecule has 0 atom stereocenters. The molecule has 1 amide bonds. The van der Waals surface area contributed by atoms with Crippen LogP contribution in [0.2, 0.25) is 0 Å². The van der Waals surface area contributed by atoms with Gasteiger partial charge in [-0.25, -0.2) is 9.18 Å². The average molecular weight is 282 g/mol. The number of para-hydroxylation sites is 1. The zero-order chi connectivity index (χ0) is 15.3. The normalized spacial score (nSPS) is 10.8. The lowest BCUT2D eigenvalue weighted by Crippen LogP contribution is -2.40. The Bertz CT molecular complexity index is 497. The van der Waals surface area contributed by atoms with Gasteiger partial charge in [0.1, 0.15) is 18.0 Å². The van der Waals surface area contributed by atoms with E-state index in [1.54, 1.807) is 26.8 Å². The van der Waals surface area contributed by atoms with Crippen LogP contribution in [0.1, 0.15) is 20.8 Å². The summed E-state index contributed by atoms with van der Waals surface area (Å²) < 4.78 is 23.8. The number of benzene rings is 1. The van der Waals surface area contributed by atoms with Crippen molar-refractivity contribution in [1.82, 2.24) is 0 Å². The second-order valence-corrected chi connectivity index (χ2v) is 5.15. The first-order chi connectivity index (χ1) is 9.24. The third kappa shape index (κ3) is 4.53. The van der Waals surface area contributed by atoms with E-state index < -0.39 is 17.5 Å². The van der Waals surface area contributed by atoms with Crippen LogP contribution in [0.4, 0.5) is 14.9 Å². The van der Waals surface area contributed by atoms with E-state index in [9.17, 15) is 9.18 Å². The molecular formula is C14H19FN2O3. The van der Waals surface area contributed by atoms with Crippen molar-refractivity contribution in [3.8, 4) is 0 Å². The maximum atomic E-state index is 13.8. The van der Waals surface area contributed by atoms with Gasteiger partial charge >= 0.3 is 6.09 Å². The molecule has 0 unspecified atom stereocenters. The van der Waals surface area contributed by atoms with E-state index in [1.165, 1.54) is 25.3 Å². The number of nitrogens with one attached hydrogen (secondary N) is 1. The van der Waals surface area contributed by atoms with Crippen molar-refractivity contribution >= 4 is 17.7 Å². The fraction of sp³-hybridized carbons (Fsp3) is 0.429. The highest BCUT2D eigenvalue weighted by atomic mass is 19.1. The molecule has 0 saturated carbocycles. The van der Waals surface area contributed by atoms with E-state index >= 15 is 0 Å². The summed E-state index contributed by atoms with van der Waals surface area (Å²) in [6.07, 6.45) is -0.732. The number of ether oxygens (including phenoxy) is 2. The number of methoxy groups -OCH3 is 1. The van der Waals surface area contributed by atoms with Crippen LogP contribution < -0.4 is 4.90 Å². The van der Waals surface area contributed by atoms with Crippen LogP contribution in [0.25, 0.3) is 0 Å². The van der Waals surface area contributed by atoms with Crippen LogP contribution in [0.5, 0.6) is 0 Å². The molecule has 0 aliphatic heterocycles. The average Bonchev–Trinajstić information content (AvgIpc) is 2.34. The number of hydrogen-bond donors (Lipinski definition) is 1. The van der Waals surface area contributed by atoms with E-state index in [2.05, 4.69) is 0 Å². The number of nitrogens with zero attached hydrogens (tertiary/aromatic N) is 1. The minimum Gasteiger partial charge on any atom is -0.483 e. The maximum Gasteiger partial charge on any atom is 0.415 e. The number of hydrogen-bond acceptors (Lipinski definition) is 4. The maximum absolute atomic E-state index is 13.8. The highest BCUT2D eigenvalue weighted by Gasteiger charge is 2.26. The third-order valence-corrected chi connectivity index (χ3v) is 2.31. The molecule has 0 heterocycles. The van der Waals surface area contributed by atoms with Crippen molar-refractivity contribution in [3.63, 3.8) is 0 Å². The highest BCUT2D eigenvalue weighted by molar-refractivity contribution is 5.94. The van der Waals surface area contributed by atoms with Crippen molar-refractivity contribution < 1.29 is 18.7 Å². The molecule has 5 nitrogen and oxygen atoms in total. The van der Waals surface area contributed by atoms with Gasteiger partial charge in [0.25, 0.3) is 0 Å². The van der Waals surface area contributed by atoms with Gasteiger partial charge in [0, 0.05) is 0 Å². The summed E-state index contributed by atoms with van der Waals surface area (Å²) >= 11 is 0. The summed E-state index contributed by atoms with van der Waals surface area (Å²) in [5.41, 5.74) is -0.667. The molecule has 1 N–H and O–H groups in total. The molecule has 6 heteroatoms. The van der Waals surface area contributed by atoms with Crippen molar-refractivity contribution in [2.24, 2.45) is 0 Å². The van der Waals surface area contributed by atoms with Crippen molar-refractivity contribution in [2.45, 2.75) is 26.4 Å². The molecule has 1 aromatic carbocycles. The van der Waals surface area contributed by atoms with Crippen LogP contribution >= 0.6 is 0 Å². The summed E-state index contributed by atoms with van der Waals surface area (Å²) in [7, 11) is 1.32. The second-order valence-electron chi connectivity index (χ2n) is 5.15. The number of rotatable bonds is 3. The van der Waals surface area contributed by atoms with E-state index in [1.807, 2.05) is 0 Å². The molecule has 0 bridgehead atoms. The Balaban J connectivity index is 3.06. The van der Waals surface area contributed by atoms with Gasteiger partial charge in [0.15, 0.2) is 0 Å². The van der Waals surface area contributed by atoms with E-state index in [-0.39, 0.29) is 18.1 Å². The monoisotopic (exact) mass is 282 g/mol. The zero-order valence-electron chi connectivity index (χ0n) is 12.1. The third-order valence-electron chi connectivity index (χ3n) is 2.31. The first kappa shape index (κ1) is 15.9. The van der Waals surface area contributed by atoms with Gasteiger partial charge in [-0.3, -0.25) is 10.3 Å². The summed E-state index contributed by atoms with van der Waals surface area (Å²) in [6.45, 7) is 4.94. The Morgan fingerprint density at radius 1 is 1.35 bits per heavy atom. The number of carbonyl (C=O) groups excluding carboxylic acids is 1. The van der Waals surface area contributed by atoms with E-state index in [4.69, 9.17) is 14.9 Å². The summed E-state index contributed by atoms with van der Waals surface area (Å²) in [5, 5.41) is 7.52. The smallest absolute Gasteiger partial charge is 0.415 e. The standard InChI is InChI=1S/C14H19FN2O3/c1-14(2,3)20-13(18)17(9-12(16)19-4)11-8-6-5-7-10(11)15/h5-8,16H,9H2,1-4H3. The van der Waals surface area contributed by atoms with Crippen LogP contribution in [-0.2, 0) is 9.47 Å². The molecule has 0 spiro atoms. The Morgan fingerprint density at radius 2 is 1.95 bits per heavy atom. The minimum absolute atomic E-state index is 0.0450. The Morgan fingerprint density at radius 3 is 2.45 bits per heavy atom. The van der Waals surface area contributed by atoms with Gasteiger partial charge in [0.2, 0.25) is 5.90 Å². The van der Waals surface area contributed by atoms with Crippen molar-refractivity contribution in [2.75, 3.05) is 18.6 Å². The number of anilines is 1. The first-order valence-corrected chi connectivity index (χ1v) is 6.11. The Hall–Kier alpha value is -2.11. The molecule has 110 valence electrons. The summed E-state index contributed by atoms with van der Waals surface area (Å²) in [5.74, 6) is -0.735. The molecular weight excluding hydrogens is 263 g/mol. The molecule has 1 aromatic rings. The number of halogens is 1. The van der Waals surface area contributed by atoms with Crippen molar-refractivity contribution in [1.29, 1.82) is 5.41 Å². The van der Waals surface area contributed by atoms with Crippen LogP contribution in [0.15, 0.2) is 24.3 Å². The Kier molecular flexibility index (Phi) is 5.07. The van der Waals surface area contributed by atoms with Gasteiger partial charge in [-0.2, -0.15) is 0 Å². The Labute approximate surface area is 117 Å². The van der Waals surface area contributed by atoms with Crippen LogP contribution in [-0.4, -0.2) is 31.2 Å². The van der Waals surface area contributed by atoms with E-state index in [0.29, 0.717) is 0 Å². The molecule has 0 aromatic heterocycles. The predicted octanol–water partition coefficient (Wildman–Crippen LogP) is 3.19. The lowest BCUT2D eigenvalue weighted by Gasteiger charge is -2.27. The SMILES string of the molecule is COC(=N)CN(C(=O)OC(C)(C)C)c1ccccc1F.